The summed E-state index contributed by atoms with van der Waals surface area (Å²) in [4.78, 5) is 23.8. The third-order valence-corrected chi connectivity index (χ3v) is 3.54. The zero-order valence-corrected chi connectivity index (χ0v) is 15.0. The monoisotopic (exact) mass is 354 g/mol. The summed E-state index contributed by atoms with van der Waals surface area (Å²) in [6.07, 6.45) is 3.87. The van der Waals surface area contributed by atoms with Crippen LogP contribution in [-0.2, 0) is 4.79 Å². The molecule has 0 heterocycles. The molecule has 0 aliphatic heterocycles. The Hall–Kier alpha value is -3.28. The zero-order chi connectivity index (χ0) is 18.9. The minimum Gasteiger partial charge on any atom is -0.493 e. The van der Waals surface area contributed by atoms with Gasteiger partial charge in [-0.3, -0.25) is 9.59 Å². The summed E-state index contributed by atoms with van der Waals surface area (Å²) in [6, 6.07) is 12.1. The smallest absolute Gasteiger partial charge is 0.262 e. The van der Waals surface area contributed by atoms with Crippen molar-refractivity contribution in [2.75, 3.05) is 26.1 Å². The number of carbonyl (C=O) groups is 2. The van der Waals surface area contributed by atoms with E-state index >= 15 is 0 Å². The molecule has 6 nitrogen and oxygen atoms in total. The predicted octanol–water partition coefficient (Wildman–Crippen LogP) is 3.11. The molecule has 0 unspecified atom stereocenters. The van der Waals surface area contributed by atoms with Gasteiger partial charge in [0.05, 0.1) is 7.11 Å². The van der Waals surface area contributed by atoms with Crippen molar-refractivity contribution in [2.24, 2.45) is 0 Å². The average molecular weight is 354 g/mol. The van der Waals surface area contributed by atoms with Crippen LogP contribution in [0.25, 0.3) is 6.08 Å². The molecular formula is C20H22N2O4. The molecule has 0 spiro atoms. The first-order valence-electron chi connectivity index (χ1n) is 8.13. The number of amides is 2. The van der Waals surface area contributed by atoms with Gasteiger partial charge in [-0.25, -0.2) is 0 Å². The molecule has 0 saturated heterocycles. The Morgan fingerprint density at radius 2 is 1.92 bits per heavy atom. The third kappa shape index (κ3) is 5.11. The van der Waals surface area contributed by atoms with Crippen LogP contribution in [0.3, 0.4) is 0 Å². The molecular weight excluding hydrogens is 332 g/mol. The van der Waals surface area contributed by atoms with Crippen molar-refractivity contribution in [3.63, 3.8) is 0 Å². The van der Waals surface area contributed by atoms with Gasteiger partial charge in [0.1, 0.15) is 0 Å². The molecule has 2 aromatic rings. The van der Waals surface area contributed by atoms with Gasteiger partial charge in [-0.15, -0.1) is 0 Å². The molecule has 26 heavy (non-hydrogen) atoms. The summed E-state index contributed by atoms with van der Waals surface area (Å²) in [7, 11) is 3.10. The number of anilines is 1. The Morgan fingerprint density at radius 3 is 2.62 bits per heavy atom. The van der Waals surface area contributed by atoms with Crippen LogP contribution < -0.4 is 20.1 Å². The Morgan fingerprint density at radius 1 is 1.12 bits per heavy atom. The van der Waals surface area contributed by atoms with Gasteiger partial charge in [0.15, 0.2) is 18.1 Å². The quantitative estimate of drug-likeness (QED) is 0.801. The highest BCUT2D eigenvalue weighted by molar-refractivity contribution is 5.97. The van der Waals surface area contributed by atoms with Crippen LogP contribution in [0.2, 0.25) is 0 Å². The Kier molecular flexibility index (Phi) is 6.79. The molecule has 2 amide bonds. The highest BCUT2D eigenvalue weighted by atomic mass is 16.5. The lowest BCUT2D eigenvalue weighted by Gasteiger charge is -2.12. The van der Waals surface area contributed by atoms with Crippen LogP contribution in [0.5, 0.6) is 11.5 Å². The number of rotatable bonds is 7. The maximum Gasteiger partial charge on any atom is 0.262 e. The van der Waals surface area contributed by atoms with E-state index in [9.17, 15) is 9.59 Å². The fraction of sp³-hybridized carbons (Fsp3) is 0.200. The van der Waals surface area contributed by atoms with Crippen LogP contribution in [0.4, 0.5) is 5.69 Å². The van der Waals surface area contributed by atoms with Crippen molar-refractivity contribution in [2.45, 2.75) is 6.92 Å². The van der Waals surface area contributed by atoms with Gasteiger partial charge < -0.3 is 20.1 Å². The lowest BCUT2D eigenvalue weighted by molar-refractivity contribution is -0.118. The van der Waals surface area contributed by atoms with E-state index in [1.54, 1.807) is 44.5 Å². The van der Waals surface area contributed by atoms with E-state index in [1.165, 1.54) is 0 Å². The first-order chi connectivity index (χ1) is 12.6. The number of hydrogen-bond donors (Lipinski definition) is 2. The topological polar surface area (TPSA) is 76.7 Å². The van der Waals surface area contributed by atoms with Gasteiger partial charge >= 0.3 is 0 Å². The minimum absolute atomic E-state index is 0.177. The molecule has 0 radical (unpaired) electrons. The fourth-order valence-corrected chi connectivity index (χ4v) is 2.32. The normalized spacial score (nSPS) is 10.4. The molecule has 0 saturated carbocycles. The number of carbonyl (C=O) groups excluding carboxylic acids is 2. The predicted molar refractivity (Wildman–Crippen MR) is 102 cm³/mol. The molecule has 2 aromatic carbocycles. The Bertz CT molecular complexity index is 815. The highest BCUT2D eigenvalue weighted by Crippen LogP contribution is 2.28. The lowest BCUT2D eigenvalue weighted by Crippen LogP contribution is -2.21. The molecule has 0 aliphatic carbocycles. The number of hydrogen-bond acceptors (Lipinski definition) is 4. The first kappa shape index (κ1) is 19.1. The van der Waals surface area contributed by atoms with Gasteiger partial charge in [0.2, 0.25) is 0 Å². The van der Waals surface area contributed by atoms with E-state index in [-0.39, 0.29) is 18.4 Å². The van der Waals surface area contributed by atoms with Crippen molar-refractivity contribution < 1.29 is 19.1 Å². The molecule has 0 fully saturated rings. The minimum atomic E-state index is -0.335. The van der Waals surface area contributed by atoms with E-state index in [1.807, 2.05) is 31.2 Å². The van der Waals surface area contributed by atoms with Gasteiger partial charge in [-0.05, 0) is 42.8 Å². The van der Waals surface area contributed by atoms with E-state index in [0.717, 1.165) is 5.56 Å². The summed E-state index contributed by atoms with van der Waals surface area (Å²) in [6.45, 7) is 1.75. The first-order valence-corrected chi connectivity index (χ1v) is 8.13. The number of methoxy groups -OCH3 is 1. The van der Waals surface area contributed by atoms with E-state index < -0.39 is 0 Å². The number of benzene rings is 2. The lowest BCUT2D eigenvalue weighted by atomic mass is 10.2. The largest absolute Gasteiger partial charge is 0.493 e. The number of allylic oxidation sites excluding steroid dienone is 1. The Labute approximate surface area is 152 Å². The van der Waals surface area contributed by atoms with Crippen LogP contribution >= 0.6 is 0 Å². The second kappa shape index (κ2) is 9.27. The van der Waals surface area contributed by atoms with Crippen molar-refractivity contribution in [1.29, 1.82) is 0 Å². The van der Waals surface area contributed by atoms with E-state index in [0.29, 0.717) is 22.7 Å². The van der Waals surface area contributed by atoms with Crippen molar-refractivity contribution >= 4 is 23.6 Å². The number of ether oxygens (including phenoxy) is 2. The summed E-state index contributed by atoms with van der Waals surface area (Å²) < 4.78 is 10.9. The van der Waals surface area contributed by atoms with E-state index in [2.05, 4.69) is 10.6 Å². The average Bonchev–Trinajstić information content (AvgIpc) is 2.66. The highest BCUT2D eigenvalue weighted by Gasteiger charge is 2.10. The van der Waals surface area contributed by atoms with Gasteiger partial charge in [0.25, 0.3) is 11.8 Å². The molecule has 6 heteroatoms. The molecule has 136 valence electrons. The summed E-state index contributed by atoms with van der Waals surface area (Å²) >= 11 is 0. The molecule has 0 aromatic heterocycles. The fourth-order valence-electron chi connectivity index (χ4n) is 2.32. The third-order valence-electron chi connectivity index (χ3n) is 3.54. The molecule has 0 aliphatic rings. The zero-order valence-electron chi connectivity index (χ0n) is 15.0. The summed E-state index contributed by atoms with van der Waals surface area (Å²) in [5.74, 6) is 0.479. The summed E-state index contributed by atoms with van der Waals surface area (Å²) in [5, 5.41) is 5.24. The SMILES string of the molecule is C/C=C/c1ccc(OCC(=O)Nc2cccc(C(=O)NC)c2)c(OC)c1. The van der Waals surface area contributed by atoms with Crippen LogP contribution in [0.1, 0.15) is 22.8 Å². The van der Waals surface area contributed by atoms with Crippen LogP contribution in [-0.4, -0.2) is 32.6 Å². The molecule has 0 bridgehead atoms. The second-order valence-electron chi connectivity index (χ2n) is 5.41. The molecule has 2 N–H and O–H groups in total. The molecule has 0 atom stereocenters. The van der Waals surface area contributed by atoms with E-state index in [4.69, 9.17) is 9.47 Å². The van der Waals surface area contributed by atoms with Gasteiger partial charge in [-0.1, -0.05) is 24.3 Å². The van der Waals surface area contributed by atoms with Crippen molar-refractivity contribution in [1.82, 2.24) is 5.32 Å². The Balaban J connectivity index is 2.00. The standard InChI is InChI=1S/C20H22N2O4/c1-4-6-14-9-10-17(18(11-14)25-3)26-13-19(23)22-16-8-5-7-15(12-16)20(24)21-2/h4-12H,13H2,1-3H3,(H,21,24)(H,22,23)/b6-4+. The van der Waals surface area contributed by atoms with Gasteiger partial charge in [-0.2, -0.15) is 0 Å². The van der Waals surface area contributed by atoms with Crippen molar-refractivity contribution in [3.05, 3.63) is 59.7 Å². The summed E-state index contributed by atoms with van der Waals surface area (Å²) in [5.41, 5.74) is 1.97. The van der Waals surface area contributed by atoms with Crippen LogP contribution in [0, 0.1) is 0 Å². The second-order valence-corrected chi connectivity index (χ2v) is 5.41. The molecule has 2 rings (SSSR count). The van der Waals surface area contributed by atoms with Crippen molar-refractivity contribution in [3.8, 4) is 11.5 Å². The number of nitrogens with one attached hydrogen (secondary N) is 2. The van der Waals surface area contributed by atoms with Crippen LogP contribution in [0.15, 0.2) is 48.5 Å². The maximum atomic E-state index is 12.1. The van der Waals surface area contributed by atoms with Gasteiger partial charge in [0, 0.05) is 18.3 Å². The maximum absolute atomic E-state index is 12.1.